The second-order valence-corrected chi connectivity index (χ2v) is 8.30. The quantitative estimate of drug-likeness (QED) is 0.654. The summed E-state index contributed by atoms with van der Waals surface area (Å²) in [5.74, 6) is 1.00. The minimum Gasteiger partial charge on any atom is -0.490 e. The molecule has 25 heavy (non-hydrogen) atoms. The van der Waals surface area contributed by atoms with Crippen molar-refractivity contribution >= 4 is 37.7 Å². The van der Waals surface area contributed by atoms with Crippen LogP contribution in [0.3, 0.4) is 0 Å². The Morgan fingerprint density at radius 1 is 1.00 bits per heavy atom. The number of rotatable bonds is 3. The van der Waals surface area contributed by atoms with Gasteiger partial charge in [-0.3, -0.25) is 0 Å². The fourth-order valence-corrected chi connectivity index (χ4v) is 4.43. The SMILES string of the molecule is O=S(=O)(N=Cc1cc2ccccc2s1)c1ccc2c(c1)OCCCO2. The average molecular weight is 373 g/mol. The lowest BCUT2D eigenvalue weighted by molar-refractivity contribution is 0.297. The van der Waals surface area contributed by atoms with Crippen LogP contribution in [0.1, 0.15) is 11.3 Å². The summed E-state index contributed by atoms with van der Waals surface area (Å²) in [7, 11) is -3.80. The van der Waals surface area contributed by atoms with Gasteiger partial charge in [-0.2, -0.15) is 12.8 Å². The molecule has 1 aromatic heterocycles. The van der Waals surface area contributed by atoms with E-state index in [0.717, 1.165) is 21.4 Å². The molecule has 0 bridgehead atoms. The van der Waals surface area contributed by atoms with Crippen molar-refractivity contribution in [3.63, 3.8) is 0 Å². The van der Waals surface area contributed by atoms with E-state index in [1.54, 1.807) is 6.07 Å². The van der Waals surface area contributed by atoms with Gasteiger partial charge in [0, 0.05) is 22.1 Å². The van der Waals surface area contributed by atoms with Crippen LogP contribution in [-0.4, -0.2) is 27.8 Å². The van der Waals surface area contributed by atoms with Gasteiger partial charge in [0.05, 0.1) is 24.3 Å². The van der Waals surface area contributed by atoms with Crippen molar-refractivity contribution in [3.8, 4) is 11.5 Å². The molecule has 0 atom stereocenters. The highest BCUT2D eigenvalue weighted by Crippen LogP contribution is 2.32. The van der Waals surface area contributed by atoms with E-state index in [2.05, 4.69) is 4.40 Å². The van der Waals surface area contributed by atoms with Gasteiger partial charge in [0.15, 0.2) is 11.5 Å². The molecule has 0 aliphatic carbocycles. The van der Waals surface area contributed by atoms with Crippen LogP contribution in [0, 0.1) is 0 Å². The molecule has 1 aliphatic rings. The summed E-state index contributed by atoms with van der Waals surface area (Å²) in [6.07, 6.45) is 2.16. The molecule has 0 saturated heterocycles. The van der Waals surface area contributed by atoms with Gasteiger partial charge in [-0.05, 0) is 29.7 Å². The smallest absolute Gasteiger partial charge is 0.282 e. The van der Waals surface area contributed by atoms with Crippen molar-refractivity contribution in [2.24, 2.45) is 4.40 Å². The Morgan fingerprint density at radius 3 is 2.64 bits per heavy atom. The molecule has 0 spiro atoms. The Kier molecular flexibility index (Phi) is 4.19. The molecule has 0 fully saturated rings. The highest BCUT2D eigenvalue weighted by Gasteiger charge is 2.17. The summed E-state index contributed by atoms with van der Waals surface area (Å²) in [6.45, 7) is 1.06. The molecule has 0 N–H and O–H groups in total. The first-order valence-electron chi connectivity index (χ1n) is 7.80. The van der Waals surface area contributed by atoms with Crippen LogP contribution >= 0.6 is 11.3 Å². The van der Waals surface area contributed by atoms with E-state index in [0.29, 0.717) is 24.7 Å². The Morgan fingerprint density at radius 2 is 1.80 bits per heavy atom. The fourth-order valence-electron chi connectivity index (χ4n) is 2.55. The molecule has 5 nitrogen and oxygen atoms in total. The standard InChI is InChI=1S/C18H15NO4S2/c20-25(21,15-6-7-16-17(11-15)23-9-3-8-22-16)19-12-14-10-13-4-1-2-5-18(13)24-14/h1-2,4-7,10-12H,3,8-9H2. The zero-order chi connectivity index (χ0) is 17.3. The van der Waals surface area contributed by atoms with E-state index in [-0.39, 0.29) is 4.90 Å². The number of fused-ring (bicyclic) bond motifs is 2. The number of hydrogen-bond donors (Lipinski definition) is 0. The summed E-state index contributed by atoms with van der Waals surface area (Å²) in [6, 6.07) is 14.4. The lowest BCUT2D eigenvalue weighted by Gasteiger charge is -2.08. The predicted octanol–water partition coefficient (Wildman–Crippen LogP) is 3.87. The van der Waals surface area contributed by atoms with E-state index in [4.69, 9.17) is 9.47 Å². The molecular weight excluding hydrogens is 358 g/mol. The third kappa shape index (κ3) is 3.38. The van der Waals surface area contributed by atoms with Crippen molar-refractivity contribution in [2.75, 3.05) is 13.2 Å². The predicted molar refractivity (Wildman–Crippen MR) is 98.7 cm³/mol. The normalized spacial score (nSPS) is 14.7. The molecule has 4 rings (SSSR count). The molecule has 2 heterocycles. The van der Waals surface area contributed by atoms with E-state index >= 15 is 0 Å². The maximum absolute atomic E-state index is 12.5. The van der Waals surface area contributed by atoms with Gasteiger partial charge < -0.3 is 9.47 Å². The maximum atomic E-state index is 12.5. The minimum absolute atomic E-state index is 0.0918. The molecule has 2 aromatic carbocycles. The first kappa shape index (κ1) is 16.1. The van der Waals surface area contributed by atoms with Gasteiger partial charge in [0.1, 0.15) is 0 Å². The van der Waals surface area contributed by atoms with Crippen molar-refractivity contribution in [2.45, 2.75) is 11.3 Å². The molecule has 3 aromatic rings. The van der Waals surface area contributed by atoms with Crippen LogP contribution < -0.4 is 9.47 Å². The molecular formula is C18H15NO4S2. The average Bonchev–Trinajstić information content (AvgIpc) is 2.89. The van der Waals surface area contributed by atoms with Crippen LogP contribution in [0.2, 0.25) is 0 Å². The van der Waals surface area contributed by atoms with Gasteiger partial charge in [-0.25, -0.2) is 0 Å². The zero-order valence-electron chi connectivity index (χ0n) is 13.2. The molecule has 128 valence electrons. The second-order valence-electron chi connectivity index (χ2n) is 5.56. The summed E-state index contributed by atoms with van der Waals surface area (Å²) < 4.78 is 41.0. The molecule has 0 radical (unpaired) electrons. The van der Waals surface area contributed by atoms with Gasteiger partial charge in [0.2, 0.25) is 0 Å². The Labute approximate surface area is 149 Å². The molecule has 0 amide bonds. The first-order chi connectivity index (χ1) is 12.1. The Balaban J connectivity index is 1.64. The van der Waals surface area contributed by atoms with Crippen LogP contribution in [0.5, 0.6) is 11.5 Å². The van der Waals surface area contributed by atoms with Gasteiger partial charge in [-0.1, -0.05) is 18.2 Å². The third-order valence-electron chi connectivity index (χ3n) is 3.78. The van der Waals surface area contributed by atoms with Crippen LogP contribution in [0.25, 0.3) is 10.1 Å². The highest BCUT2D eigenvalue weighted by molar-refractivity contribution is 7.90. The molecule has 0 unspecified atom stereocenters. The van der Waals surface area contributed by atoms with Gasteiger partial charge >= 0.3 is 0 Å². The van der Waals surface area contributed by atoms with Crippen LogP contribution in [0.15, 0.2) is 57.8 Å². The molecule has 0 saturated carbocycles. The number of hydrogen-bond acceptors (Lipinski definition) is 5. The van der Waals surface area contributed by atoms with E-state index < -0.39 is 10.0 Å². The third-order valence-corrected chi connectivity index (χ3v) is 6.06. The van der Waals surface area contributed by atoms with Crippen molar-refractivity contribution in [1.82, 2.24) is 0 Å². The summed E-state index contributed by atoms with van der Waals surface area (Å²) in [5, 5.41) is 1.07. The van der Waals surface area contributed by atoms with Crippen molar-refractivity contribution in [3.05, 3.63) is 53.4 Å². The minimum atomic E-state index is -3.80. The Bertz CT molecular complexity index is 1020. The Hall–Kier alpha value is -2.38. The number of nitrogens with zero attached hydrogens (tertiary/aromatic N) is 1. The zero-order valence-corrected chi connectivity index (χ0v) is 14.8. The van der Waals surface area contributed by atoms with Crippen molar-refractivity contribution in [1.29, 1.82) is 0 Å². The molecule has 7 heteroatoms. The number of benzene rings is 2. The van der Waals surface area contributed by atoms with Crippen LogP contribution in [0.4, 0.5) is 0 Å². The first-order valence-corrected chi connectivity index (χ1v) is 10.1. The highest BCUT2D eigenvalue weighted by atomic mass is 32.2. The monoisotopic (exact) mass is 373 g/mol. The second kappa shape index (κ2) is 6.50. The topological polar surface area (TPSA) is 65.0 Å². The number of sulfonamides is 1. The molecule has 1 aliphatic heterocycles. The number of ether oxygens (including phenoxy) is 2. The van der Waals surface area contributed by atoms with E-state index in [1.165, 1.54) is 29.7 Å². The van der Waals surface area contributed by atoms with E-state index in [9.17, 15) is 8.42 Å². The van der Waals surface area contributed by atoms with Crippen molar-refractivity contribution < 1.29 is 17.9 Å². The summed E-state index contributed by atoms with van der Waals surface area (Å²) >= 11 is 1.50. The summed E-state index contributed by atoms with van der Waals surface area (Å²) in [5.41, 5.74) is 0. The largest absolute Gasteiger partial charge is 0.490 e. The lowest BCUT2D eigenvalue weighted by Crippen LogP contribution is -1.99. The van der Waals surface area contributed by atoms with Gasteiger partial charge in [0.25, 0.3) is 10.0 Å². The summed E-state index contributed by atoms with van der Waals surface area (Å²) in [4.78, 5) is 0.883. The number of thiophene rings is 1. The van der Waals surface area contributed by atoms with E-state index in [1.807, 2.05) is 30.3 Å². The lowest BCUT2D eigenvalue weighted by atomic mass is 10.2. The van der Waals surface area contributed by atoms with Crippen LogP contribution in [-0.2, 0) is 10.0 Å². The fraction of sp³-hybridized carbons (Fsp3) is 0.167. The maximum Gasteiger partial charge on any atom is 0.282 e. The van der Waals surface area contributed by atoms with Gasteiger partial charge in [-0.15, -0.1) is 11.3 Å².